The second kappa shape index (κ2) is 9.94. The van der Waals surface area contributed by atoms with Crippen LogP contribution in [-0.2, 0) is 16.8 Å². The number of halogens is 2. The molecule has 0 radical (unpaired) electrons. The zero-order chi connectivity index (χ0) is 23.3. The molecule has 2 N–H and O–H groups in total. The normalized spacial score (nSPS) is 14.7. The molecule has 172 valence electrons. The molecule has 1 fully saturated rings. The van der Waals surface area contributed by atoms with Gasteiger partial charge in [0.2, 0.25) is 5.91 Å². The zero-order valence-corrected chi connectivity index (χ0v) is 18.2. The van der Waals surface area contributed by atoms with Gasteiger partial charge >= 0.3 is 0 Å². The lowest BCUT2D eigenvalue weighted by molar-refractivity contribution is -0.116. The summed E-state index contributed by atoms with van der Waals surface area (Å²) < 4.78 is 30.9. The van der Waals surface area contributed by atoms with E-state index in [4.69, 9.17) is 0 Å². The van der Waals surface area contributed by atoms with Crippen molar-refractivity contribution in [2.45, 2.75) is 44.1 Å². The van der Waals surface area contributed by atoms with E-state index in [-0.39, 0.29) is 30.3 Å². The molecule has 6 nitrogen and oxygen atoms in total. The molecule has 1 heterocycles. The number of anilines is 1. The SMILES string of the molecule is O=C(CCn1ccnc1)Nc1cccc(C(=O)NCC2(c3c(F)cccc3F)CCCC2)c1. The Kier molecular flexibility index (Phi) is 6.82. The quantitative estimate of drug-likeness (QED) is 0.531. The fraction of sp³-hybridized carbons (Fsp3) is 0.320. The summed E-state index contributed by atoms with van der Waals surface area (Å²) in [6.07, 6.45) is 8.26. The molecule has 0 saturated heterocycles. The molecular formula is C25H26F2N4O2. The van der Waals surface area contributed by atoms with Crippen molar-refractivity contribution in [3.05, 3.63) is 83.9 Å². The third kappa shape index (κ3) is 5.27. The minimum atomic E-state index is -0.760. The number of carbonyl (C=O) groups is 2. The number of aromatic nitrogens is 2. The van der Waals surface area contributed by atoms with Crippen LogP contribution in [0.1, 0.15) is 48.0 Å². The molecular weight excluding hydrogens is 426 g/mol. The van der Waals surface area contributed by atoms with Crippen molar-refractivity contribution >= 4 is 17.5 Å². The van der Waals surface area contributed by atoms with Gasteiger partial charge in [-0.05, 0) is 43.2 Å². The lowest BCUT2D eigenvalue weighted by Gasteiger charge is -2.30. The van der Waals surface area contributed by atoms with Gasteiger partial charge < -0.3 is 15.2 Å². The standard InChI is InChI=1S/C25H26F2N4O2/c26-20-7-4-8-21(27)23(20)25(10-1-2-11-25)16-29-24(33)18-5-3-6-19(15-18)30-22(32)9-13-31-14-12-28-17-31/h3-8,12,14-15,17H,1-2,9-11,13,16H2,(H,29,33)(H,30,32). The van der Waals surface area contributed by atoms with Crippen molar-refractivity contribution < 1.29 is 18.4 Å². The molecule has 8 heteroatoms. The van der Waals surface area contributed by atoms with Crippen LogP contribution >= 0.6 is 0 Å². The third-order valence-corrected chi connectivity index (χ3v) is 6.21. The number of aryl methyl sites for hydroxylation is 1. The number of hydrogen-bond donors (Lipinski definition) is 2. The van der Waals surface area contributed by atoms with Crippen LogP contribution in [0.3, 0.4) is 0 Å². The summed E-state index contributed by atoms with van der Waals surface area (Å²) in [6, 6.07) is 10.5. The van der Waals surface area contributed by atoms with Crippen molar-refractivity contribution in [2.75, 3.05) is 11.9 Å². The summed E-state index contributed by atoms with van der Waals surface area (Å²) in [4.78, 5) is 29.0. The van der Waals surface area contributed by atoms with E-state index in [0.29, 0.717) is 30.6 Å². The lowest BCUT2D eigenvalue weighted by Crippen LogP contribution is -2.40. The number of nitrogens with zero attached hydrogens (tertiary/aromatic N) is 2. The van der Waals surface area contributed by atoms with Crippen molar-refractivity contribution in [3.63, 3.8) is 0 Å². The van der Waals surface area contributed by atoms with Gasteiger partial charge in [0.05, 0.1) is 6.33 Å². The van der Waals surface area contributed by atoms with Crippen LogP contribution in [0, 0.1) is 11.6 Å². The Bertz CT molecular complexity index is 1100. The molecule has 1 aromatic heterocycles. The van der Waals surface area contributed by atoms with Gasteiger partial charge in [-0.2, -0.15) is 0 Å². The van der Waals surface area contributed by atoms with Gasteiger partial charge in [0.25, 0.3) is 5.91 Å². The van der Waals surface area contributed by atoms with Crippen molar-refractivity contribution in [1.29, 1.82) is 0 Å². The summed E-state index contributed by atoms with van der Waals surface area (Å²) in [5, 5.41) is 5.66. The molecule has 0 atom stereocenters. The number of imidazole rings is 1. The molecule has 2 aromatic carbocycles. The molecule has 1 aliphatic carbocycles. The van der Waals surface area contributed by atoms with Crippen molar-refractivity contribution in [2.24, 2.45) is 0 Å². The Morgan fingerprint density at radius 3 is 2.48 bits per heavy atom. The highest BCUT2D eigenvalue weighted by molar-refractivity contribution is 5.97. The van der Waals surface area contributed by atoms with Crippen LogP contribution < -0.4 is 10.6 Å². The Morgan fingerprint density at radius 1 is 1.06 bits per heavy atom. The smallest absolute Gasteiger partial charge is 0.251 e. The van der Waals surface area contributed by atoms with E-state index < -0.39 is 17.0 Å². The van der Waals surface area contributed by atoms with Gasteiger partial charge in [-0.25, -0.2) is 13.8 Å². The fourth-order valence-electron chi connectivity index (χ4n) is 4.53. The summed E-state index contributed by atoms with van der Waals surface area (Å²) in [5.41, 5.74) is 0.171. The minimum Gasteiger partial charge on any atom is -0.351 e. The summed E-state index contributed by atoms with van der Waals surface area (Å²) in [7, 11) is 0. The Morgan fingerprint density at radius 2 is 1.79 bits per heavy atom. The number of nitrogens with one attached hydrogen (secondary N) is 2. The Hall–Kier alpha value is -3.55. The molecule has 1 saturated carbocycles. The van der Waals surface area contributed by atoms with Crippen LogP contribution in [0.15, 0.2) is 61.2 Å². The average Bonchev–Trinajstić information content (AvgIpc) is 3.49. The highest BCUT2D eigenvalue weighted by Gasteiger charge is 2.40. The maximum atomic E-state index is 14.5. The van der Waals surface area contributed by atoms with Crippen molar-refractivity contribution in [3.8, 4) is 0 Å². The minimum absolute atomic E-state index is 0.0571. The zero-order valence-electron chi connectivity index (χ0n) is 18.2. The number of amides is 2. The van der Waals surface area contributed by atoms with Crippen LogP contribution in [0.5, 0.6) is 0 Å². The van der Waals surface area contributed by atoms with Crippen LogP contribution in [0.25, 0.3) is 0 Å². The van der Waals surface area contributed by atoms with E-state index in [1.54, 1.807) is 47.6 Å². The van der Waals surface area contributed by atoms with E-state index in [1.807, 2.05) is 0 Å². The number of carbonyl (C=O) groups excluding carboxylic acids is 2. The first kappa shape index (κ1) is 22.6. The molecule has 0 spiro atoms. The Labute approximate surface area is 191 Å². The molecule has 0 bridgehead atoms. The molecule has 3 aromatic rings. The second-order valence-corrected chi connectivity index (χ2v) is 8.45. The molecule has 33 heavy (non-hydrogen) atoms. The summed E-state index contributed by atoms with van der Waals surface area (Å²) >= 11 is 0. The number of hydrogen-bond acceptors (Lipinski definition) is 3. The highest BCUT2D eigenvalue weighted by Crippen LogP contribution is 2.42. The third-order valence-electron chi connectivity index (χ3n) is 6.21. The highest BCUT2D eigenvalue weighted by atomic mass is 19.1. The molecule has 2 amide bonds. The fourth-order valence-corrected chi connectivity index (χ4v) is 4.53. The summed E-state index contributed by atoms with van der Waals surface area (Å²) in [6.45, 7) is 0.645. The lowest BCUT2D eigenvalue weighted by atomic mass is 9.78. The van der Waals surface area contributed by atoms with E-state index in [2.05, 4.69) is 15.6 Å². The predicted octanol–water partition coefficient (Wildman–Crippen LogP) is 4.43. The average molecular weight is 453 g/mol. The monoisotopic (exact) mass is 452 g/mol. The van der Waals surface area contributed by atoms with E-state index in [0.717, 1.165) is 12.8 Å². The van der Waals surface area contributed by atoms with Gasteiger partial charge in [-0.15, -0.1) is 0 Å². The van der Waals surface area contributed by atoms with Crippen LogP contribution in [0.4, 0.5) is 14.5 Å². The van der Waals surface area contributed by atoms with E-state index in [9.17, 15) is 18.4 Å². The number of rotatable bonds is 8. The van der Waals surface area contributed by atoms with Gasteiger partial charge in [-0.3, -0.25) is 9.59 Å². The first-order valence-corrected chi connectivity index (χ1v) is 11.1. The summed E-state index contributed by atoms with van der Waals surface area (Å²) in [5.74, 6) is -1.69. The topological polar surface area (TPSA) is 76.0 Å². The second-order valence-electron chi connectivity index (χ2n) is 8.45. The van der Waals surface area contributed by atoms with Gasteiger partial charge in [0, 0.05) is 54.1 Å². The largest absolute Gasteiger partial charge is 0.351 e. The van der Waals surface area contributed by atoms with E-state index in [1.165, 1.54) is 18.2 Å². The van der Waals surface area contributed by atoms with Crippen LogP contribution in [0.2, 0.25) is 0 Å². The predicted molar refractivity (Wildman–Crippen MR) is 121 cm³/mol. The van der Waals surface area contributed by atoms with Gasteiger partial charge in [0.1, 0.15) is 11.6 Å². The number of benzene rings is 2. The van der Waals surface area contributed by atoms with Crippen LogP contribution in [-0.4, -0.2) is 27.9 Å². The first-order valence-electron chi connectivity index (χ1n) is 11.1. The van der Waals surface area contributed by atoms with E-state index >= 15 is 0 Å². The first-order chi connectivity index (χ1) is 16.0. The maximum Gasteiger partial charge on any atom is 0.251 e. The molecule has 4 rings (SSSR count). The maximum absolute atomic E-state index is 14.5. The molecule has 1 aliphatic rings. The van der Waals surface area contributed by atoms with Gasteiger partial charge in [-0.1, -0.05) is 25.0 Å². The molecule has 0 aliphatic heterocycles. The molecule has 0 unspecified atom stereocenters. The van der Waals surface area contributed by atoms with Gasteiger partial charge in [0.15, 0.2) is 0 Å². The Balaban J connectivity index is 1.40. The van der Waals surface area contributed by atoms with Crippen molar-refractivity contribution in [1.82, 2.24) is 14.9 Å².